The lowest BCUT2D eigenvalue weighted by molar-refractivity contribution is -0.117. The second kappa shape index (κ2) is 6.33. The highest BCUT2D eigenvalue weighted by atomic mass is 16.2. The normalized spacial score (nSPS) is 16.0. The van der Waals surface area contributed by atoms with Crippen molar-refractivity contribution in [2.75, 3.05) is 18.4 Å². The van der Waals surface area contributed by atoms with Crippen LogP contribution in [-0.4, -0.2) is 24.9 Å². The van der Waals surface area contributed by atoms with Crippen LogP contribution in [0.5, 0.6) is 0 Å². The predicted molar refractivity (Wildman–Crippen MR) is 73.8 cm³/mol. The number of hydrogen-bond acceptors (Lipinski definition) is 3. The van der Waals surface area contributed by atoms with Gasteiger partial charge in [-0.25, -0.2) is 0 Å². The summed E-state index contributed by atoms with van der Waals surface area (Å²) in [7, 11) is 0. The van der Waals surface area contributed by atoms with Gasteiger partial charge in [0.15, 0.2) is 0 Å². The van der Waals surface area contributed by atoms with Crippen molar-refractivity contribution in [1.82, 2.24) is 5.32 Å². The molecule has 0 spiro atoms. The topological polar surface area (TPSA) is 84.2 Å². The van der Waals surface area contributed by atoms with E-state index in [0.717, 1.165) is 25.9 Å². The van der Waals surface area contributed by atoms with E-state index < -0.39 is 5.91 Å². The van der Waals surface area contributed by atoms with Gasteiger partial charge in [-0.2, -0.15) is 0 Å². The molecule has 2 amide bonds. The van der Waals surface area contributed by atoms with Gasteiger partial charge in [-0.15, -0.1) is 0 Å². The van der Waals surface area contributed by atoms with Gasteiger partial charge in [-0.3, -0.25) is 9.59 Å². The third-order valence-corrected chi connectivity index (χ3v) is 3.40. The van der Waals surface area contributed by atoms with Gasteiger partial charge in [0.25, 0.3) is 5.91 Å². The molecule has 0 aromatic heterocycles. The van der Waals surface area contributed by atoms with Crippen LogP contribution >= 0.6 is 0 Å². The maximum atomic E-state index is 12.0. The molecule has 0 bridgehead atoms. The second-order valence-corrected chi connectivity index (χ2v) is 4.86. The number of benzene rings is 1. The van der Waals surface area contributed by atoms with Gasteiger partial charge in [0.05, 0.1) is 11.3 Å². The van der Waals surface area contributed by atoms with Gasteiger partial charge in [-0.05, 0) is 44.0 Å². The lowest BCUT2D eigenvalue weighted by Gasteiger charge is -2.22. The number of piperidine rings is 1. The zero-order valence-electron chi connectivity index (χ0n) is 10.8. The van der Waals surface area contributed by atoms with Crippen molar-refractivity contribution < 1.29 is 9.59 Å². The van der Waals surface area contributed by atoms with Crippen LogP contribution in [-0.2, 0) is 4.79 Å². The zero-order chi connectivity index (χ0) is 13.7. The number of hydrogen-bond donors (Lipinski definition) is 3. The number of nitrogens with two attached hydrogens (primary N) is 1. The van der Waals surface area contributed by atoms with Crippen LogP contribution in [0.4, 0.5) is 5.69 Å². The minimum atomic E-state index is -0.530. The summed E-state index contributed by atoms with van der Waals surface area (Å²) in [5.41, 5.74) is 6.12. The van der Waals surface area contributed by atoms with E-state index in [1.165, 1.54) is 0 Å². The Balaban J connectivity index is 1.96. The van der Waals surface area contributed by atoms with E-state index >= 15 is 0 Å². The van der Waals surface area contributed by atoms with E-state index in [-0.39, 0.29) is 5.91 Å². The number of primary amides is 1. The molecule has 19 heavy (non-hydrogen) atoms. The van der Waals surface area contributed by atoms with E-state index in [4.69, 9.17) is 5.73 Å². The summed E-state index contributed by atoms with van der Waals surface area (Å²) in [6.45, 7) is 1.94. The number of nitrogens with one attached hydrogen (secondary N) is 2. The Morgan fingerprint density at radius 3 is 2.63 bits per heavy atom. The Labute approximate surface area is 112 Å². The number of carbonyl (C=O) groups is 2. The van der Waals surface area contributed by atoms with Gasteiger partial charge < -0.3 is 16.4 Å². The molecule has 4 N–H and O–H groups in total. The quantitative estimate of drug-likeness (QED) is 0.759. The Morgan fingerprint density at radius 2 is 1.95 bits per heavy atom. The van der Waals surface area contributed by atoms with E-state index in [1.807, 2.05) is 0 Å². The van der Waals surface area contributed by atoms with Crippen molar-refractivity contribution in [2.45, 2.75) is 19.3 Å². The Bertz CT molecular complexity index is 468. The SMILES string of the molecule is NC(=O)c1ccccc1NC(=O)CC1CCNCC1. The summed E-state index contributed by atoms with van der Waals surface area (Å²) in [4.78, 5) is 23.2. The first-order chi connectivity index (χ1) is 9.16. The van der Waals surface area contributed by atoms with Crippen molar-refractivity contribution in [2.24, 2.45) is 11.7 Å². The molecule has 1 aromatic carbocycles. The summed E-state index contributed by atoms with van der Waals surface area (Å²) in [6.07, 6.45) is 2.53. The third kappa shape index (κ3) is 3.79. The molecule has 0 atom stereocenters. The summed E-state index contributed by atoms with van der Waals surface area (Å²) in [6, 6.07) is 6.80. The molecule has 1 aromatic rings. The largest absolute Gasteiger partial charge is 0.366 e. The van der Waals surface area contributed by atoms with Crippen LogP contribution in [0.15, 0.2) is 24.3 Å². The molecule has 0 unspecified atom stereocenters. The number of para-hydroxylation sites is 1. The Kier molecular flexibility index (Phi) is 4.52. The number of amides is 2. The highest BCUT2D eigenvalue weighted by Crippen LogP contribution is 2.19. The summed E-state index contributed by atoms with van der Waals surface area (Å²) in [5.74, 6) is -0.166. The molecular weight excluding hydrogens is 242 g/mol. The summed E-state index contributed by atoms with van der Waals surface area (Å²) >= 11 is 0. The fourth-order valence-electron chi connectivity index (χ4n) is 2.36. The molecule has 1 saturated heterocycles. The molecular formula is C14H19N3O2. The molecule has 1 aliphatic rings. The van der Waals surface area contributed by atoms with Crippen LogP contribution in [0.1, 0.15) is 29.6 Å². The first-order valence-electron chi connectivity index (χ1n) is 6.56. The van der Waals surface area contributed by atoms with Gasteiger partial charge in [0, 0.05) is 6.42 Å². The first-order valence-corrected chi connectivity index (χ1v) is 6.56. The van der Waals surface area contributed by atoms with Crippen molar-refractivity contribution in [3.8, 4) is 0 Å². The highest BCUT2D eigenvalue weighted by Gasteiger charge is 2.17. The van der Waals surface area contributed by atoms with Crippen LogP contribution in [0.25, 0.3) is 0 Å². The van der Waals surface area contributed by atoms with Gasteiger partial charge in [0.1, 0.15) is 0 Å². The van der Waals surface area contributed by atoms with Gasteiger partial charge in [0.2, 0.25) is 5.91 Å². The van der Waals surface area contributed by atoms with Crippen LogP contribution in [0.3, 0.4) is 0 Å². The minimum absolute atomic E-state index is 0.0550. The predicted octanol–water partition coefficient (Wildman–Crippen LogP) is 1.11. The van der Waals surface area contributed by atoms with E-state index in [1.54, 1.807) is 24.3 Å². The van der Waals surface area contributed by atoms with E-state index in [0.29, 0.717) is 23.6 Å². The third-order valence-electron chi connectivity index (χ3n) is 3.40. The van der Waals surface area contributed by atoms with E-state index in [2.05, 4.69) is 10.6 Å². The molecule has 2 rings (SSSR count). The molecule has 5 nitrogen and oxygen atoms in total. The Morgan fingerprint density at radius 1 is 1.26 bits per heavy atom. The zero-order valence-corrected chi connectivity index (χ0v) is 10.8. The van der Waals surface area contributed by atoms with Crippen LogP contribution < -0.4 is 16.4 Å². The number of anilines is 1. The maximum Gasteiger partial charge on any atom is 0.250 e. The molecule has 5 heteroatoms. The first kappa shape index (κ1) is 13.5. The molecule has 0 radical (unpaired) electrons. The fraction of sp³-hybridized carbons (Fsp3) is 0.429. The van der Waals surface area contributed by atoms with Crippen molar-refractivity contribution >= 4 is 17.5 Å². The van der Waals surface area contributed by atoms with Crippen molar-refractivity contribution in [1.29, 1.82) is 0 Å². The fourth-order valence-corrected chi connectivity index (χ4v) is 2.36. The summed E-state index contributed by atoms with van der Waals surface area (Å²) in [5, 5.41) is 6.05. The molecule has 102 valence electrons. The smallest absolute Gasteiger partial charge is 0.250 e. The standard InChI is InChI=1S/C14H19N3O2/c15-14(19)11-3-1-2-4-12(11)17-13(18)9-10-5-7-16-8-6-10/h1-4,10,16H,5-9H2,(H2,15,19)(H,17,18). The number of rotatable bonds is 4. The lowest BCUT2D eigenvalue weighted by Crippen LogP contribution is -2.30. The van der Waals surface area contributed by atoms with Crippen LogP contribution in [0, 0.1) is 5.92 Å². The second-order valence-electron chi connectivity index (χ2n) is 4.86. The molecule has 0 aliphatic carbocycles. The van der Waals surface area contributed by atoms with Gasteiger partial charge >= 0.3 is 0 Å². The number of carbonyl (C=O) groups excluding carboxylic acids is 2. The molecule has 1 aliphatic heterocycles. The average molecular weight is 261 g/mol. The maximum absolute atomic E-state index is 12.0. The van der Waals surface area contributed by atoms with Crippen molar-refractivity contribution in [3.05, 3.63) is 29.8 Å². The highest BCUT2D eigenvalue weighted by molar-refractivity contribution is 6.02. The van der Waals surface area contributed by atoms with Gasteiger partial charge in [-0.1, -0.05) is 12.1 Å². The molecule has 1 fully saturated rings. The monoisotopic (exact) mass is 261 g/mol. The molecule has 0 saturated carbocycles. The van der Waals surface area contributed by atoms with E-state index in [9.17, 15) is 9.59 Å². The van der Waals surface area contributed by atoms with Crippen LogP contribution in [0.2, 0.25) is 0 Å². The molecule has 1 heterocycles. The van der Waals surface area contributed by atoms with Crippen molar-refractivity contribution in [3.63, 3.8) is 0 Å². The lowest BCUT2D eigenvalue weighted by atomic mass is 9.94. The summed E-state index contributed by atoms with van der Waals surface area (Å²) < 4.78 is 0. The Hall–Kier alpha value is -1.88. The average Bonchev–Trinajstić information content (AvgIpc) is 2.40. The minimum Gasteiger partial charge on any atom is -0.366 e.